The van der Waals surface area contributed by atoms with Crippen molar-refractivity contribution >= 4 is 23.2 Å². The van der Waals surface area contributed by atoms with Crippen LogP contribution in [0.1, 0.15) is 48.9 Å². The van der Waals surface area contributed by atoms with E-state index in [4.69, 9.17) is 0 Å². The maximum Gasteiger partial charge on any atom is 0.293 e. The van der Waals surface area contributed by atoms with Gasteiger partial charge in [0.1, 0.15) is 5.69 Å². The van der Waals surface area contributed by atoms with E-state index in [-0.39, 0.29) is 29.5 Å². The Kier molecular flexibility index (Phi) is 4.72. The lowest BCUT2D eigenvalue weighted by Crippen LogP contribution is -2.41. The van der Waals surface area contributed by atoms with Gasteiger partial charge in [-0.25, -0.2) is 0 Å². The largest absolute Gasteiger partial charge is 0.366 e. The van der Waals surface area contributed by atoms with Gasteiger partial charge >= 0.3 is 0 Å². The highest BCUT2D eigenvalue weighted by Gasteiger charge is 2.32. The predicted octanol–water partition coefficient (Wildman–Crippen LogP) is 1.98. The molecule has 0 radical (unpaired) electrons. The molecular formula is C19H24N4O4. The Hall–Kier alpha value is -2.64. The van der Waals surface area contributed by atoms with Crippen molar-refractivity contribution in [1.29, 1.82) is 0 Å². The number of amides is 2. The van der Waals surface area contributed by atoms with Crippen LogP contribution in [0.2, 0.25) is 0 Å². The molecule has 8 nitrogen and oxygen atoms in total. The van der Waals surface area contributed by atoms with Crippen LogP contribution in [0.3, 0.4) is 0 Å². The average Bonchev–Trinajstić information content (AvgIpc) is 3.58. The molecule has 2 aliphatic carbocycles. The van der Waals surface area contributed by atoms with Gasteiger partial charge in [-0.3, -0.25) is 19.7 Å². The maximum atomic E-state index is 12.2. The molecule has 1 saturated heterocycles. The number of nitro benzene ring substituents is 1. The molecule has 3 fully saturated rings. The third-order valence-electron chi connectivity index (χ3n) is 5.48. The molecule has 8 heteroatoms. The zero-order chi connectivity index (χ0) is 19.0. The molecule has 0 aromatic heterocycles. The second kappa shape index (κ2) is 7.17. The first kappa shape index (κ1) is 17.8. The van der Waals surface area contributed by atoms with Gasteiger partial charge in [0.15, 0.2) is 0 Å². The molecule has 144 valence electrons. The third kappa shape index (κ3) is 4.20. The van der Waals surface area contributed by atoms with Gasteiger partial charge in [-0.15, -0.1) is 0 Å². The van der Waals surface area contributed by atoms with Crippen LogP contribution in [-0.4, -0.2) is 41.9 Å². The Morgan fingerprint density at radius 3 is 2.22 bits per heavy atom. The summed E-state index contributed by atoms with van der Waals surface area (Å²) in [6, 6.07) is 5.22. The van der Waals surface area contributed by atoms with E-state index >= 15 is 0 Å². The lowest BCUT2D eigenvalue weighted by molar-refractivity contribution is -0.384. The van der Waals surface area contributed by atoms with Crippen LogP contribution in [0.4, 0.5) is 11.4 Å². The van der Waals surface area contributed by atoms with Crippen molar-refractivity contribution in [3.63, 3.8) is 0 Å². The molecule has 4 rings (SSSR count). The van der Waals surface area contributed by atoms with Gasteiger partial charge in [0.25, 0.3) is 11.6 Å². The summed E-state index contributed by atoms with van der Waals surface area (Å²) >= 11 is 0. The van der Waals surface area contributed by atoms with E-state index in [2.05, 4.69) is 10.6 Å². The quantitative estimate of drug-likeness (QED) is 0.587. The van der Waals surface area contributed by atoms with Crippen LogP contribution in [0.25, 0.3) is 0 Å². The Morgan fingerprint density at radius 1 is 1.00 bits per heavy atom. The predicted molar refractivity (Wildman–Crippen MR) is 99.7 cm³/mol. The number of piperidine rings is 1. The zero-order valence-corrected chi connectivity index (χ0v) is 15.1. The van der Waals surface area contributed by atoms with E-state index in [9.17, 15) is 19.7 Å². The second-order valence-corrected chi connectivity index (χ2v) is 7.75. The van der Waals surface area contributed by atoms with Gasteiger partial charge in [-0.2, -0.15) is 0 Å². The summed E-state index contributed by atoms with van der Waals surface area (Å²) in [7, 11) is 0. The molecule has 2 N–H and O–H groups in total. The molecule has 0 spiro atoms. The van der Waals surface area contributed by atoms with Gasteiger partial charge in [0, 0.05) is 42.7 Å². The van der Waals surface area contributed by atoms with Crippen LogP contribution in [0, 0.1) is 16.0 Å². The first-order valence-electron chi connectivity index (χ1n) is 9.66. The standard InChI is InChI=1S/C19H24N4O4/c24-18(20-14-2-3-14)12-7-9-22(10-8-12)16-6-1-13(11-17(16)23(26)27)19(25)21-15-4-5-15/h1,6,11-12,14-15H,2-5,7-10H2,(H,20,24)(H,21,25). The number of hydrogen-bond acceptors (Lipinski definition) is 5. The molecule has 0 bridgehead atoms. The van der Waals surface area contributed by atoms with Crippen LogP contribution in [0.15, 0.2) is 18.2 Å². The van der Waals surface area contributed by atoms with Crippen LogP contribution in [0.5, 0.6) is 0 Å². The summed E-state index contributed by atoms with van der Waals surface area (Å²) < 4.78 is 0. The van der Waals surface area contributed by atoms with Crippen LogP contribution in [-0.2, 0) is 4.79 Å². The molecule has 0 unspecified atom stereocenters. The molecular weight excluding hydrogens is 348 g/mol. The van der Waals surface area contributed by atoms with E-state index in [1.54, 1.807) is 12.1 Å². The number of hydrogen-bond donors (Lipinski definition) is 2. The summed E-state index contributed by atoms with van der Waals surface area (Å²) in [5.74, 6) is -0.175. The number of nitrogens with one attached hydrogen (secondary N) is 2. The van der Waals surface area contributed by atoms with E-state index in [0.717, 1.165) is 25.7 Å². The van der Waals surface area contributed by atoms with Crippen molar-refractivity contribution in [2.24, 2.45) is 5.92 Å². The molecule has 0 atom stereocenters. The smallest absolute Gasteiger partial charge is 0.293 e. The van der Waals surface area contributed by atoms with Crippen molar-refractivity contribution in [3.05, 3.63) is 33.9 Å². The number of carbonyl (C=O) groups excluding carboxylic acids is 2. The van der Waals surface area contributed by atoms with Gasteiger partial charge in [-0.05, 0) is 50.7 Å². The second-order valence-electron chi connectivity index (χ2n) is 7.75. The topological polar surface area (TPSA) is 105 Å². The molecule has 1 aliphatic heterocycles. The normalized spacial score (nSPS) is 20.2. The molecule has 27 heavy (non-hydrogen) atoms. The summed E-state index contributed by atoms with van der Waals surface area (Å²) in [5, 5.41) is 17.5. The number of nitro groups is 1. The van der Waals surface area contributed by atoms with Crippen molar-refractivity contribution in [3.8, 4) is 0 Å². The van der Waals surface area contributed by atoms with Gasteiger partial charge in [0.05, 0.1) is 4.92 Å². The summed E-state index contributed by atoms with van der Waals surface area (Å²) in [6.45, 7) is 1.19. The molecule has 1 aromatic rings. The van der Waals surface area contributed by atoms with Crippen molar-refractivity contribution < 1.29 is 14.5 Å². The van der Waals surface area contributed by atoms with E-state index in [1.807, 2.05) is 4.90 Å². The molecule has 1 aromatic carbocycles. The Bertz CT molecular complexity index is 765. The summed E-state index contributed by atoms with van der Waals surface area (Å²) in [5.41, 5.74) is 0.777. The average molecular weight is 372 g/mol. The fourth-order valence-electron chi connectivity index (χ4n) is 3.50. The maximum absolute atomic E-state index is 12.2. The molecule has 3 aliphatic rings. The van der Waals surface area contributed by atoms with Crippen molar-refractivity contribution in [2.75, 3.05) is 18.0 Å². The van der Waals surface area contributed by atoms with Crippen LogP contribution < -0.4 is 15.5 Å². The van der Waals surface area contributed by atoms with E-state index in [1.165, 1.54) is 6.07 Å². The highest BCUT2D eigenvalue weighted by molar-refractivity contribution is 5.96. The fourth-order valence-corrected chi connectivity index (χ4v) is 3.50. The minimum absolute atomic E-state index is 0.0236. The Labute approximate surface area is 157 Å². The molecule has 2 amide bonds. The van der Waals surface area contributed by atoms with Crippen molar-refractivity contribution in [2.45, 2.75) is 50.6 Å². The molecule has 2 saturated carbocycles. The summed E-state index contributed by atoms with van der Waals surface area (Å²) in [6.07, 6.45) is 5.43. The monoisotopic (exact) mass is 372 g/mol. The fraction of sp³-hybridized carbons (Fsp3) is 0.579. The first-order valence-corrected chi connectivity index (χ1v) is 9.66. The number of nitrogens with zero attached hydrogens (tertiary/aromatic N) is 2. The number of carbonyl (C=O) groups is 2. The first-order chi connectivity index (χ1) is 13.0. The summed E-state index contributed by atoms with van der Waals surface area (Å²) in [4.78, 5) is 37.4. The number of rotatable bonds is 6. The Balaban J connectivity index is 1.43. The minimum Gasteiger partial charge on any atom is -0.366 e. The van der Waals surface area contributed by atoms with E-state index < -0.39 is 4.92 Å². The molecule has 1 heterocycles. The number of anilines is 1. The third-order valence-corrected chi connectivity index (χ3v) is 5.48. The number of benzene rings is 1. The van der Waals surface area contributed by atoms with Gasteiger partial charge in [-0.1, -0.05) is 0 Å². The SMILES string of the molecule is O=C(NC1CC1)c1ccc(N2CCC(C(=O)NC3CC3)CC2)c([N+](=O)[O-])c1. The zero-order valence-electron chi connectivity index (χ0n) is 15.1. The van der Waals surface area contributed by atoms with Crippen molar-refractivity contribution in [1.82, 2.24) is 10.6 Å². The highest BCUT2D eigenvalue weighted by Crippen LogP contribution is 2.33. The van der Waals surface area contributed by atoms with E-state index in [0.29, 0.717) is 43.2 Å². The van der Waals surface area contributed by atoms with Gasteiger partial charge < -0.3 is 15.5 Å². The lowest BCUT2D eigenvalue weighted by Gasteiger charge is -2.32. The Morgan fingerprint density at radius 2 is 1.63 bits per heavy atom. The lowest BCUT2D eigenvalue weighted by atomic mass is 9.95. The highest BCUT2D eigenvalue weighted by atomic mass is 16.6. The minimum atomic E-state index is -0.435. The van der Waals surface area contributed by atoms with Crippen LogP contribution >= 0.6 is 0 Å². The van der Waals surface area contributed by atoms with Gasteiger partial charge in [0.2, 0.25) is 5.91 Å².